The molecule has 3 aliphatic rings. The summed E-state index contributed by atoms with van der Waals surface area (Å²) in [4.78, 5) is 24.7. The number of hydrogen-bond acceptors (Lipinski definition) is 5. The molecule has 1 amide bonds. The monoisotopic (exact) mass is 407 g/mol. The van der Waals surface area contributed by atoms with Crippen LogP contribution in [0.25, 0.3) is 0 Å². The largest absolute Gasteiger partial charge is 0.340 e. The van der Waals surface area contributed by atoms with E-state index in [-0.39, 0.29) is 29.6 Å². The van der Waals surface area contributed by atoms with Gasteiger partial charge in [-0.1, -0.05) is 12.5 Å². The summed E-state index contributed by atoms with van der Waals surface area (Å²) in [5, 5.41) is 10.9. The number of carbonyl (C=O) groups excluding carboxylic acids is 1. The lowest BCUT2D eigenvalue weighted by atomic mass is 9.86. The average molecular weight is 407 g/mol. The van der Waals surface area contributed by atoms with Crippen LogP contribution >= 0.6 is 0 Å². The molecule has 2 bridgehead atoms. The molecule has 3 atom stereocenters. The molecule has 0 unspecified atom stereocenters. The third-order valence-corrected chi connectivity index (χ3v) is 8.47. The highest BCUT2D eigenvalue weighted by Crippen LogP contribution is 2.49. The van der Waals surface area contributed by atoms with Crippen LogP contribution in [0.5, 0.6) is 0 Å². The Labute approximate surface area is 164 Å². The van der Waals surface area contributed by atoms with E-state index in [9.17, 15) is 23.3 Å². The highest BCUT2D eigenvalue weighted by atomic mass is 32.2. The zero-order valence-corrected chi connectivity index (χ0v) is 16.5. The fraction of sp³-hybridized carbons (Fsp3) is 0.632. The molecule has 2 saturated carbocycles. The Morgan fingerprint density at radius 3 is 2.50 bits per heavy atom. The standard InChI is InChI=1S/C19H25N3O5S/c23-19(12-16-11-14-4-5-15(16)10-14)20-6-8-21(9-7-20)28(26,27)18-3-1-2-17(13-18)22(24)25/h1-3,13-16H,4-12H2/t14-,15+,16-/m0/s1. The smallest absolute Gasteiger partial charge is 0.270 e. The van der Waals surface area contributed by atoms with Gasteiger partial charge in [0.15, 0.2) is 0 Å². The van der Waals surface area contributed by atoms with Gasteiger partial charge in [-0.15, -0.1) is 0 Å². The van der Waals surface area contributed by atoms with Gasteiger partial charge in [0.1, 0.15) is 0 Å². The van der Waals surface area contributed by atoms with E-state index in [1.54, 1.807) is 4.90 Å². The molecule has 1 saturated heterocycles. The Morgan fingerprint density at radius 1 is 1.14 bits per heavy atom. The van der Waals surface area contributed by atoms with E-state index in [4.69, 9.17) is 0 Å². The SMILES string of the molecule is O=C(C[C@@H]1C[C@H]2CC[C@@H]1C2)N1CCN(S(=O)(=O)c2cccc([N+](=O)[O-])c2)CC1. The summed E-state index contributed by atoms with van der Waals surface area (Å²) in [6, 6.07) is 5.10. The summed E-state index contributed by atoms with van der Waals surface area (Å²) >= 11 is 0. The summed E-state index contributed by atoms with van der Waals surface area (Å²) in [5.41, 5.74) is -0.249. The van der Waals surface area contributed by atoms with Gasteiger partial charge in [-0.05, 0) is 43.1 Å². The van der Waals surface area contributed by atoms with Crippen LogP contribution in [-0.4, -0.2) is 54.6 Å². The van der Waals surface area contributed by atoms with Crippen LogP contribution in [0.1, 0.15) is 32.1 Å². The number of amides is 1. The number of rotatable bonds is 5. The van der Waals surface area contributed by atoms with Gasteiger partial charge in [-0.3, -0.25) is 14.9 Å². The second-order valence-electron chi connectivity index (χ2n) is 8.18. The number of carbonyl (C=O) groups is 1. The van der Waals surface area contributed by atoms with E-state index in [2.05, 4.69) is 0 Å². The summed E-state index contributed by atoms with van der Waals surface area (Å²) in [6.07, 6.45) is 5.57. The lowest BCUT2D eigenvalue weighted by Crippen LogP contribution is -2.50. The molecule has 9 heteroatoms. The zero-order valence-electron chi connectivity index (χ0n) is 15.7. The summed E-state index contributed by atoms with van der Waals surface area (Å²) in [6.45, 7) is 1.17. The predicted octanol–water partition coefficient (Wildman–Crippen LogP) is 2.25. The number of piperazine rings is 1. The van der Waals surface area contributed by atoms with Gasteiger partial charge < -0.3 is 4.90 Å². The minimum Gasteiger partial charge on any atom is -0.340 e. The van der Waals surface area contributed by atoms with Crippen molar-refractivity contribution in [3.8, 4) is 0 Å². The van der Waals surface area contributed by atoms with Crippen molar-refractivity contribution in [2.24, 2.45) is 17.8 Å². The van der Waals surface area contributed by atoms with Gasteiger partial charge in [-0.2, -0.15) is 4.31 Å². The topological polar surface area (TPSA) is 101 Å². The first-order chi connectivity index (χ1) is 13.3. The fourth-order valence-corrected chi connectivity index (χ4v) is 6.53. The molecular formula is C19H25N3O5S. The quantitative estimate of drug-likeness (QED) is 0.550. The number of benzene rings is 1. The Morgan fingerprint density at radius 2 is 1.89 bits per heavy atom. The molecule has 3 fully saturated rings. The molecule has 0 aromatic heterocycles. The van der Waals surface area contributed by atoms with Gasteiger partial charge in [0.25, 0.3) is 5.69 Å². The number of fused-ring (bicyclic) bond motifs is 2. The van der Waals surface area contributed by atoms with Crippen molar-refractivity contribution < 1.29 is 18.1 Å². The van der Waals surface area contributed by atoms with Crippen molar-refractivity contribution >= 4 is 21.6 Å². The van der Waals surface area contributed by atoms with E-state index >= 15 is 0 Å². The van der Waals surface area contributed by atoms with E-state index in [0.717, 1.165) is 18.4 Å². The first-order valence-electron chi connectivity index (χ1n) is 9.87. The molecule has 1 heterocycles. The third kappa shape index (κ3) is 3.65. The predicted molar refractivity (Wildman–Crippen MR) is 102 cm³/mol. The Hall–Kier alpha value is -2.00. The molecule has 1 aliphatic heterocycles. The van der Waals surface area contributed by atoms with Crippen LogP contribution in [0.2, 0.25) is 0 Å². The second kappa shape index (κ2) is 7.44. The number of nitrogens with zero attached hydrogens (tertiary/aromatic N) is 3. The van der Waals surface area contributed by atoms with Crippen molar-refractivity contribution in [2.75, 3.05) is 26.2 Å². The van der Waals surface area contributed by atoms with E-state index in [1.165, 1.54) is 41.8 Å². The lowest BCUT2D eigenvalue weighted by Gasteiger charge is -2.35. The van der Waals surface area contributed by atoms with E-state index < -0.39 is 14.9 Å². The van der Waals surface area contributed by atoms with Crippen LogP contribution in [0, 0.1) is 27.9 Å². The summed E-state index contributed by atoms with van der Waals surface area (Å²) in [5.74, 6) is 2.13. The number of nitro benzene ring substituents is 1. The zero-order chi connectivity index (χ0) is 19.9. The molecule has 152 valence electrons. The minimum absolute atomic E-state index is 0.0801. The lowest BCUT2D eigenvalue weighted by molar-refractivity contribution is -0.385. The van der Waals surface area contributed by atoms with Crippen molar-refractivity contribution in [2.45, 2.75) is 37.0 Å². The van der Waals surface area contributed by atoms with E-state index in [0.29, 0.717) is 31.3 Å². The molecular weight excluding hydrogens is 382 g/mol. The van der Waals surface area contributed by atoms with Crippen LogP contribution in [-0.2, 0) is 14.8 Å². The van der Waals surface area contributed by atoms with Gasteiger partial charge >= 0.3 is 0 Å². The van der Waals surface area contributed by atoms with Gasteiger partial charge in [0.2, 0.25) is 15.9 Å². The number of sulfonamides is 1. The molecule has 0 radical (unpaired) electrons. The maximum Gasteiger partial charge on any atom is 0.270 e. The molecule has 0 N–H and O–H groups in total. The van der Waals surface area contributed by atoms with E-state index in [1.807, 2.05) is 0 Å². The highest BCUT2D eigenvalue weighted by molar-refractivity contribution is 7.89. The van der Waals surface area contributed by atoms with Gasteiger partial charge in [-0.25, -0.2) is 8.42 Å². The number of non-ortho nitro benzene ring substituents is 1. The van der Waals surface area contributed by atoms with Crippen LogP contribution < -0.4 is 0 Å². The van der Waals surface area contributed by atoms with Crippen molar-refractivity contribution in [1.82, 2.24) is 9.21 Å². The second-order valence-corrected chi connectivity index (χ2v) is 10.1. The summed E-state index contributed by atoms with van der Waals surface area (Å²) in [7, 11) is -3.81. The molecule has 4 rings (SSSR count). The molecule has 2 aliphatic carbocycles. The Bertz CT molecular complexity index is 879. The van der Waals surface area contributed by atoms with Gasteiger partial charge in [0, 0.05) is 44.7 Å². The molecule has 8 nitrogen and oxygen atoms in total. The van der Waals surface area contributed by atoms with Crippen LogP contribution in [0.3, 0.4) is 0 Å². The van der Waals surface area contributed by atoms with Crippen LogP contribution in [0.15, 0.2) is 29.2 Å². The number of hydrogen-bond donors (Lipinski definition) is 0. The van der Waals surface area contributed by atoms with Crippen molar-refractivity contribution in [1.29, 1.82) is 0 Å². The number of nitro groups is 1. The minimum atomic E-state index is -3.81. The fourth-order valence-electron chi connectivity index (χ4n) is 5.06. The Kier molecular flexibility index (Phi) is 5.13. The normalized spacial score (nSPS) is 27.9. The van der Waals surface area contributed by atoms with Gasteiger partial charge in [0.05, 0.1) is 9.82 Å². The summed E-state index contributed by atoms with van der Waals surface area (Å²) < 4.78 is 26.9. The van der Waals surface area contributed by atoms with Crippen LogP contribution in [0.4, 0.5) is 5.69 Å². The Balaban J connectivity index is 1.36. The van der Waals surface area contributed by atoms with Crippen molar-refractivity contribution in [3.63, 3.8) is 0 Å². The maximum atomic E-state index is 12.8. The highest BCUT2D eigenvalue weighted by Gasteiger charge is 2.41. The molecule has 1 aromatic rings. The average Bonchev–Trinajstić information content (AvgIpc) is 3.31. The molecule has 28 heavy (non-hydrogen) atoms. The van der Waals surface area contributed by atoms with Crippen molar-refractivity contribution in [3.05, 3.63) is 34.4 Å². The maximum absolute atomic E-state index is 12.8. The molecule has 1 aromatic carbocycles. The first kappa shape index (κ1) is 19.3. The third-order valence-electron chi connectivity index (χ3n) is 6.58. The molecule has 0 spiro atoms. The first-order valence-corrected chi connectivity index (χ1v) is 11.3.